The lowest BCUT2D eigenvalue weighted by Gasteiger charge is -2.56. The first kappa shape index (κ1) is 31.7. The Bertz CT molecular complexity index is 1590. The van der Waals surface area contributed by atoms with Crippen LogP contribution in [0.4, 0.5) is 0 Å². The molecule has 0 spiro atoms. The van der Waals surface area contributed by atoms with E-state index >= 15 is 0 Å². The number of piperazine rings is 1. The highest BCUT2D eigenvalue weighted by Crippen LogP contribution is 2.52. The summed E-state index contributed by atoms with van der Waals surface area (Å²) in [5, 5.41) is 3.94. The second kappa shape index (κ2) is 13.2. The molecule has 0 bridgehead atoms. The smallest absolute Gasteiger partial charge is 0.289 e. The van der Waals surface area contributed by atoms with Gasteiger partial charge in [-0.1, -0.05) is 6.92 Å². The molecule has 2 fully saturated rings. The second-order valence-corrected chi connectivity index (χ2v) is 12.4. The number of hydrogen-bond acceptors (Lipinski definition) is 7. The van der Waals surface area contributed by atoms with E-state index in [-0.39, 0.29) is 42.2 Å². The first-order valence-corrected chi connectivity index (χ1v) is 16.2. The highest BCUT2D eigenvalue weighted by Gasteiger charge is 2.59. The molecule has 3 atom stereocenters. The van der Waals surface area contributed by atoms with Crippen LogP contribution in [0.5, 0.6) is 5.75 Å². The summed E-state index contributed by atoms with van der Waals surface area (Å²) in [6.45, 7) is 4.98. The Kier molecular flexibility index (Phi) is 9.08. The molecular formula is C34H43N5O7. The summed E-state index contributed by atoms with van der Waals surface area (Å²) in [4.78, 5) is 63.9. The van der Waals surface area contributed by atoms with Gasteiger partial charge < -0.3 is 38.9 Å². The number of nitrogens with one attached hydrogen (secondary N) is 2. The Morgan fingerprint density at radius 2 is 1.87 bits per heavy atom. The van der Waals surface area contributed by atoms with Crippen LogP contribution in [-0.2, 0) is 31.1 Å². The van der Waals surface area contributed by atoms with Crippen molar-refractivity contribution in [2.45, 2.75) is 44.6 Å². The van der Waals surface area contributed by atoms with Gasteiger partial charge >= 0.3 is 0 Å². The maximum atomic E-state index is 14.7. The fourth-order valence-electron chi connectivity index (χ4n) is 7.75. The Labute approximate surface area is 268 Å². The number of H-pyrrole nitrogens is 1. The predicted molar refractivity (Wildman–Crippen MR) is 169 cm³/mol. The van der Waals surface area contributed by atoms with E-state index < -0.39 is 17.4 Å². The number of hydrogen-bond donors (Lipinski definition) is 2. The van der Waals surface area contributed by atoms with Gasteiger partial charge in [-0.15, -0.1) is 0 Å². The molecular weight excluding hydrogens is 590 g/mol. The number of piperidine rings is 1. The third-order valence-corrected chi connectivity index (χ3v) is 10.1. The fraction of sp³-hybridized carbons (Fsp3) is 0.529. The first-order chi connectivity index (χ1) is 22.3. The van der Waals surface area contributed by atoms with E-state index in [9.17, 15) is 19.2 Å². The number of nitrogens with zero attached hydrogens (tertiary/aromatic N) is 3. The van der Waals surface area contributed by atoms with Crippen molar-refractivity contribution in [3.8, 4) is 5.75 Å². The van der Waals surface area contributed by atoms with Gasteiger partial charge in [-0.05, 0) is 61.6 Å². The quantitative estimate of drug-likeness (QED) is 0.328. The number of methoxy groups -OCH3 is 2. The van der Waals surface area contributed by atoms with Gasteiger partial charge in [0.25, 0.3) is 5.91 Å². The lowest BCUT2D eigenvalue weighted by atomic mass is 9.65. The van der Waals surface area contributed by atoms with Gasteiger partial charge in [0.15, 0.2) is 5.76 Å². The highest BCUT2D eigenvalue weighted by atomic mass is 16.5. The summed E-state index contributed by atoms with van der Waals surface area (Å²) in [6, 6.07) is 9.22. The Hall–Kier alpha value is -4.32. The van der Waals surface area contributed by atoms with Gasteiger partial charge in [0.2, 0.25) is 17.7 Å². The average Bonchev–Trinajstić information content (AvgIpc) is 3.76. The summed E-state index contributed by atoms with van der Waals surface area (Å²) >= 11 is 0. The minimum Gasteiger partial charge on any atom is -0.497 e. The summed E-state index contributed by atoms with van der Waals surface area (Å²) in [7, 11) is 3.25. The topological polar surface area (TPSA) is 137 Å². The summed E-state index contributed by atoms with van der Waals surface area (Å²) in [5.74, 6) is -0.726. The van der Waals surface area contributed by atoms with Crippen molar-refractivity contribution in [2.24, 2.45) is 11.8 Å². The van der Waals surface area contributed by atoms with Crippen molar-refractivity contribution in [3.05, 3.63) is 53.6 Å². The van der Waals surface area contributed by atoms with E-state index in [0.29, 0.717) is 65.1 Å². The van der Waals surface area contributed by atoms with Crippen LogP contribution in [0, 0.1) is 11.8 Å². The average molecular weight is 634 g/mol. The third kappa shape index (κ3) is 5.52. The molecule has 5 heterocycles. The van der Waals surface area contributed by atoms with E-state index in [1.54, 1.807) is 31.3 Å². The number of carbonyl (C=O) groups excluding carboxylic acids is 4. The summed E-state index contributed by atoms with van der Waals surface area (Å²) in [5.41, 5.74) is 2.02. The van der Waals surface area contributed by atoms with Crippen LogP contribution in [0.25, 0.3) is 10.9 Å². The lowest BCUT2D eigenvalue weighted by molar-refractivity contribution is -0.167. The molecule has 3 aliphatic heterocycles. The van der Waals surface area contributed by atoms with Crippen molar-refractivity contribution in [3.63, 3.8) is 0 Å². The third-order valence-electron chi connectivity index (χ3n) is 10.1. The molecule has 0 aliphatic carbocycles. The van der Waals surface area contributed by atoms with Gasteiger partial charge in [0, 0.05) is 81.9 Å². The number of rotatable bonds is 10. The number of carbonyl (C=O) groups is 4. The minimum absolute atomic E-state index is 0.0219. The number of benzene rings is 1. The molecule has 1 unspecified atom stereocenters. The second-order valence-electron chi connectivity index (χ2n) is 12.4. The van der Waals surface area contributed by atoms with Crippen LogP contribution in [0.2, 0.25) is 0 Å². The van der Waals surface area contributed by atoms with Crippen LogP contribution in [-0.4, -0.2) is 103 Å². The number of fused-ring (bicyclic) bond motifs is 5. The zero-order valence-electron chi connectivity index (χ0n) is 26.8. The predicted octanol–water partition coefficient (Wildman–Crippen LogP) is 2.92. The van der Waals surface area contributed by atoms with E-state index in [4.69, 9.17) is 13.9 Å². The van der Waals surface area contributed by atoms with Gasteiger partial charge in [-0.25, -0.2) is 0 Å². The molecule has 3 aliphatic rings. The zero-order valence-corrected chi connectivity index (χ0v) is 26.8. The molecule has 3 aromatic rings. The number of amides is 4. The van der Waals surface area contributed by atoms with E-state index in [0.717, 1.165) is 27.9 Å². The Morgan fingerprint density at radius 3 is 2.57 bits per heavy atom. The molecule has 12 nitrogen and oxygen atoms in total. The van der Waals surface area contributed by atoms with E-state index in [1.165, 1.54) is 6.26 Å². The number of furan rings is 1. The number of ether oxygens (including phenoxy) is 2. The van der Waals surface area contributed by atoms with E-state index in [2.05, 4.69) is 10.3 Å². The SMILES string of the molecule is CC[C@]12c3[nH]c4ccc(OC)cc4c3CCN1C(=O)C(CC(=O)NCCCOC)C[C@@H]2C(=O)N1CCN(C(=O)c2ccco2)CC1. The van der Waals surface area contributed by atoms with Gasteiger partial charge in [-0.2, -0.15) is 0 Å². The Morgan fingerprint density at radius 1 is 1.09 bits per heavy atom. The molecule has 1 aromatic carbocycles. The fourth-order valence-corrected chi connectivity index (χ4v) is 7.75. The molecule has 12 heteroatoms. The van der Waals surface area contributed by atoms with Crippen LogP contribution in [0.15, 0.2) is 41.0 Å². The molecule has 246 valence electrons. The standard InChI is InChI=1S/C34H43N5O7/c1-4-34-26(32(42)37-13-15-38(16-14-37)33(43)28-7-5-18-46-28)19-22(20-29(40)35-11-6-17-44-2)31(41)39(34)12-10-24-25-21-23(45-3)8-9-27(25)36-30(24)34/h5,7-9,18,21-22,26,36H,4,6,10-17,19-20H2,1-3H3,(H,35,40)/t22?,26-,34+/m1/s1. The van der Waals surface area contributed by atoms with Crippen LogP contribution in [0.1, 0.15) is 54.4 Å². The van der Waals surface area contributed by atoms with E-state index in [1.807, 2.05) is 34.9 Å². The normalized spacial score (nSPS) is 22.8. The van der Waals surface area contributed by atoms with Crippen molar-refractivity contribution in [1.82, 2.24) is 25.0 Å². The molecule has 0 saturated carbocycles. The molecule has 6 rings (SSSR count). The number of aromatic amines is 1. The monoisotopic (exact) mass is 633 g/mol. The van der Waals surface area contributed by atoms with Crippen LogP contribution < -0.4 is 10.1 Å². The molecule has 2 aromatic heterocycles. The highest BCUT2D eigenvalue weighted by molar-refractivity contribution is 5.94. The zero-order chi connectivity index (χ0) is 32.4. The van der Waals surface area contributed by atoms with Crippen LogP contribution >= 0.6 is 0 Å². The van der Waals surface area contributed by atoms with Gasteiger partial charge in [0.1, 0.15) is 5.75 Å². The largest absolute Gasteiger partial charge is 0.497 e. The molecule has 0 radical (unpaired) electrons. The van der Waals surface area contributed by atoms with Gasteiger partial charge in [0.05, 0.1) is 24.8 Å². The van der Waals surface area contributed by atoms with Gasteiger partial charge in [-0.3, -0.25) is 19.2 Å². The molecule has 2 N–H and O–H groups in total. The van der Waals surface area contributed by atoms with Crippen molar-refractivity contribution < 1.29 is 33.1 Å². The van der Waals surface area contributed by atoms with Crippen molar-refractivity contribution in [1.29, 1.82) is 0 Å². The molecule has 46 heavy (non-hydrogen) atoms. The Balaban J connectivity index is 1.32. The maximum Gasteiger partial charge on any atom is 0.289 e. The molecule has 2 saturated heterocycles. The minimum atomic E-state index is -0.902. The maximum absolute atomic E-state index is 14.7. The molecule has 4 amide bonds. The lowest BCUT2D eigenvalue weighted by Crippen LogP contribution is -2.66. The van der Waals surface area contributed by atoms with Crippen molar-refractivity contribution in [2.75, 3.05) is 60.1 Å². The summed E-state index contributed by atoms with van der Waals surface area (Å²) < 4.78 is 15.9. The van der Waals surface area contributed by atoms with Crippen LogP contribution in [0.3, 0.4) is 0 Å². The van der Waals surface area contributed by atoms with Crippen molar-refractivity contribution >= 4 is 34.5 Å². The first-order valence-electron chi connectivity index (χ1n) is 16.2. The summed E-state index contributed by atoms with van der Waals surface area (Å²) in [6.07, 6.45) is 3.59. The number of aromatic nitrogens is 1.